The molecular formula is C19H23N5O2. The zero-order chi connectivity index (χ0) is 19.0. The Morgan fingerprint density at radius 1 is 0.962 bits per heavy atom. The first-order chi connectivity index (χ1) is 12.4. The van der Waals surface area contributed by atoms with Gasteiger partial charge in [0, 0.05) is 46.0 Å². The monoisotopic (exact) mass is 353 g/mol. The normalized spacial score (nSPS) is 14.4. The number of aromatic nitrogens is 2. The fourth-order valence-electron chi connectivity index (χ4n) is 3.54. The molecule has 0 saturated carbocycles. The largest absolute Gasteiger partial charge is 0.368 e. The fraction of sp³-hybridized carbons (Fsp3) is 0.421. The first-order valence-corrected chi connectivity index (χ1v) is 8.63. The van der Waals surface area contributed by atoms with Crippen LogP contribution in [0.2, 0.25) is 0 Å². The Labute approximate surface area is 152 Å². The predicted molar refractivity (Wildman–Crippen MR) is 102 cm³/mol. The number of rotatable bonds is 2. The van der Waals surface area contributed by atoms with Crippen LogP contribution < -0.4 is 21.0 Å². The van der Waals surface area contributed by atoms with Crippen molar-refractivity contribution < 1.29 is 0 Å². The van der Waals surface area contributed by atoms with Gasteiger partial charge >= 0.3 is 5.69 Å². The lowest BCUT2D eigenvalue weighted by Crippen LogP contribution is -2.50. The van der Waals surface area contributed by atoms with Gasteiger partial charge in [-0.25, -0.2) is 4.79 Å². The van der Waals surface area contributed by atoms with Gasteiger partial charge in [0.15, 0.2) is 5.56 Å². The van der Waals surface area contributed by atoms with Gasteiger partial charge < -0.3 is 9.80 Å². The molecule has 0 radical (unpaired) electrons. The maximum absolute atomic E-state index is 12.3. The third kappa shape index (κ3) is 2.77. The second kappa shape index (κ2) is 6.71. The van der Waals surface area contributed by atoms with Crippen LogP contribution in [0, 0.1) is 25.2 Å². The fourth-order valence-corrected chi connectivity index (χ4v) is 3.54. The number of nitriles is 1. The average molecular weight is 353 g/mol. The highest BCUT2D eigenvalue weighted by atomic mass is 16.2. The summed E-state index contributed by atoms with van der Waals surface area (Å²) in [6.45, 7) is 7.03. The van der Waals surface area contributed by atoms with E-state index in [1.807, 2.05) is 11.0 Å². The number of aryl methyl sites for hydroxylation is 1. The molecule has 1 aromatic heterocycles. The van der Waals surface area contributed by atoms with Crippen LogP contribution in [0.4, 0.5) is 11.5 Å². The average Bonchev–Trinajstić information content (AvgIpc) is 2.65. The van der Waals surface area contributed by atoms with Crippen molar-refractivity contribution in [3.8, 4) is 6.07 Å². The summed E-state index contributed by atoms with van der Waals surface area (Å²) in [5.41, 5.74) is 2.80. The van der Waals surface area contributed by atoms with Gasteiger partial charge in [-0.3, -0.25) is 13.9 Å². The number of piperazine rings is 1. The summed E-state index contributed by atoms with van der Waals surface area (Å²) in [6.07, 6.45) is 0. The highest BCUT2D eigenvalue weighted by Crippen LogP contribution is 2.25. The zero-order valence-electron chi connectivity index (χ0n) is 15.6. The SMILES string of the molecule is Cc1cccc(N2CCN(c3c(C#N)c(=O)n(C)c(=O)n3C)CC2)c1C. The minimum atomic E-state index is -0.539. The van der Waals surface area contributed by atoms with Crippen molar-refractivity contribution in [2.75, 3.05) is 36.0 Å². The highest BCUT2D eigenvalue weighted by Gasteiger charge is 2.25. The van der Waals surface area contributed by atoms with E-state index in [1.165, 1.54) is 28.4 Å². The zero-order valence-corrected chi connectivity index (χ0v) is 15.6. The lowest BCUT2D eigenvalue weighted by molar-refractivity contribution is 0.608. The molecule has 0 unspecified atom stereocenters. The summed E-state index contributed by atoms with van der Waals surface area (Å²) < 4.78 is 2.38. The highest BCUT2D eigenvalue weighted by molar-refractivity contribution is 5.59. The molecule has 0 amide bonds. The molecule has 1 saturated heterocycles. The lowest BCUT2D eigenvalue weighted by atomic mass is 10.1. The second-order valence-corrected chi connectivity index (χ2v) is 6.71. The molecule has 2 heterocycles. The van der Waals surface area contributed by atoms with E-state index in [-0.39, 0.29) is 5.56 Å². The van der Waals surface area contributed by atoms with E-state index in [9.17, 15) is 14.9 Å². The van der Waals surface area contributed by atoms with Crippen molar-refractivity contribution >= 4 is 11.5 Å². The molecule has 7 heteroatoms. The van der Waals surface area contributed by atoms with Crippen LogP contribution in [0.25, 0.3) is 0 Å². The van der Waals surface area contributed by atoms with Crippen molar-refractivity contribution in [2.24, 2.45) is 14.1 Å². The summed E-state index contributed by atoms with van der Waals surface area (Å²) in [5, 5.41) is 9.45. The van der Waals surface area contributed by atoms with Crippen molar-refractivity contribution in [1.82, 2.24) is 9.13 Å². The second-order valence-electron chi connectivity index (χ2n) is 6.71. The summed E-state index contributed by atoms with van der Waals surface area (Å²) in [5.74, 6) is 0.418. The van der Waals surface area contributed by atoms with Crippen LogP contribution in [0.15, 0.2) is 27.8 Å². The summed E-state index contributed by atoms with van der Waals surface area (Å²) in [4.78, 5) is 28.8. The smallest absolute Gasteiger partial charge is 0.332 e. The Kier molecular flexibility index (Phi) is 4.60. The van der Waals surface area contributed by atoms with Crippen molar-refractivity contribution in [2.45, 2.75) is 13.8 Å². The van der Waals surface area contributed by atoms with Gasteiger partial charge in [0.1, 0.15) is 11.9 Å². The van der Waals surface area contributed by atoms with Crippen molar-refractivity contribution in [3.05, 3.63) is 55.7 Å². The van der Waals surface area contributed by atoms with Crippen LogP contribution in [0.1, 0.15) is 16.7 Å². The Morgan fingerprint density at radius 3 is 2.19 bits per heavy atom. The molecule has 1 aromatic carbocycles. The summed E-state index contributed by atoms with van der Waals surface area (Å²) in [6, 6.07) is 8.26. The van der Waals surface area contributed by atoms with Crippen LogP contribution in [0.3, 0.4) is 0 Å². The third-order valence-corrected chi connectivity index (χ3v) is 5.24. The van der Waals surface area contributed by atoms with Gasteiger partial charge in [0.2, 0.25) is 0 Å². The summed E-state index contributed by atoms with van der Waals surface area (Å²) >= 11 is 0. The standard InChI is InChI=1S/C19H23N5O2/c1-13-6-5-7-16(14(13)2)23-8-10-24(11-9-23)17-15(12-20)18(25)22(4)19(26)21(17)3/h5-7H,8-11H2,1-4H3. The maximum Gasteiger partial charge on any atom is 0.332 e. The Morgan fingerprint density at radius 2 is 1.58 bits per heavy atom. The molecular weight excluding hydrogens is 330 g/mol. The van der Waals surface area contributed by atoms with Gasteiger partial charge in [0.25, 0.3) is 5.56 Å². The molecule has 2 aromatic rings. The molecule has 1 aliphatic heterocycles. The minimum Gasteiger partial charge on any atom is -0.368 e. The number of benzene rings is 1. The Hall–Kier alpha value is -3.01. The van der Waals surface area contributed by atoms with Crippen molar-refractivity contribution in [3.63, 3.8) is 0 Å². The van der Waals surface area contributed by atoms with Gasteiger partial charge in [-0.2, -0.15) is 5.26 Å². The molecule has 26 heavy (non-hydrogen) atoms. The van der Waals surface area contributed by atoms with Gasteiger partial charge in [-0.05, 0) is 31.0 Å². The Bertz CT molecular complexity index is 1000. The first kappa shape index (κ1) is 17.8. The summed E-state index contributed by atoms with van der Waals surface area (Å²) in [7, 11) is 3.00. The minimum absolute atomic E-state index is 0.0230. The molecule has 1 fully saturated rings. The molecule has 3 rings (SSSR count). The van der Waals surface area contributed by atoms with E-state index in [0.717, 1.165) is 17.7 Å². The van der Waals surface area contributed by atoms with Crippen LogP contribution in [0.5, 0.6) is 0 Å². The van der Waals surface area contributed by atoms with E-state index in [2.05, 4.69) is 36.9 Å². The van der Waals surface area contributed by atoms with Crippen LogP contribution >= 0.6 is 0 Å². The van der Waals surface area contributed by atoms with Crippen LogP contribution in [-0.2, 0) is 14.1 Å². The Balaban J connectivity index is 1.92. The van der Waals surface area contributed by atoms with Crippen molar-refractivity contribution in [1.29, 1.82) is 5.26 Å². The van der Waals surface area contributed by atoms with Crippen LogP contribution in [-0.4, -0.2) is 35.3 Å². The lowest BCUT2D eigenvalue weighted by Gasteiger charge is -2.38. The molecule has 136 valence electrons. The molecule has 0 bridgehead atoms. The van der Waals surface area contributed by atoms with Gasteiger partial charge in [0.05, 0.1) is 0 Å². The number of anilines is 2. The predicted octanol–water partition coefficient (Wildman–Crippen LogP) is 0.899. The van der Waals surface area contributed by atoms with E-state index in [4.69, 9.17) is 0 Å². The molecule has 0 N–H and O–H groups in total. The van der Waals surface area contributed by atoms with Gasteiger partial charge in [-0.1, -0.05) is 12.1 Å². The molecule has 0 atom stereocenters. The number of nitrogens with zero attached hydrogens (tertiary/aromatic N) is 5. The number of hydrogen-bond acceptors (Lipinski definition) is 5. The van der Waals surface area contributed by atoms with E-state index in [1.54, 1.807) is 7.05 Å². The first-order valence-electron chi connectivity index (χ1n) is 8.63. The third-order valence-electron chi connectivity index (χ3n) is 5.24. The topological polar surface area (TPSA) is 74.3 Å². The van der Waals surface area contributed by atoms with E-state index < -0.39 is 11.2 Å². The molecule has 0 spiro atoms. The quantitative estimate of drug-likeness (QED) is 0.802. The van der Waals surface area contributed by atoms with E-state index in [0.29, 0.717) is 18.9 Å². The maximum atomic E-state index is 12.3. The van der Waals surface area contributed by atoms with E-state index >= 15 is 0 Å². The number of hydrogen-bond donors (Lipinski definition) is 0. The molecule has 0 aliphatic carbocycles. The van der Waals surface area contributed by atoms with Gasteiger partial charge in [-0.15, -0.1) is 0 Å². The molecule has 1 aliphatic rings. The molecule has 7 nitrogen and oxygen atoms in total.